The number of primary amides is 1. The Bertz CT molecular complexity index is 794. The van der Waals surface area contributed by atoms with Crippen molar-refractivity contribution in [1.29, 1.82) is 0 Å². The maximum absolute atomic E-state index is 13.2. The average Bonchev–Trinajstić information content (AvgIpc) is 2.78. The maximum atomic E-state index is 13.2. The molecule has 2 saturated heterocycles. The van der Waals surface area contributed by atoms with E-state index in [0.717, 1.165) is 31.9 Å². The summed E-state index contributed by atoms with van der Waals surface area (Å²) in [6, 6.07) is -2.22. The number of amides is 4. The molecule has 2 heterocycles. The topological polar surface area (TPSA) is 142 Å². The summed E-state index contributed by atoms with van der Waals surface area (Å²) in [5, 5.41) is 2.72. The van der Waals surface area contributed by atoms with Crippen LogP contribution in [0.25, 0.3) is 0 Å². The van der Waals surface area contributed by atoms with Gasteiger partial charge in [-0.2, -0.15) is 4.31 Å². The minimum absolute atomic E-state index is 0.0885. The zero-order valence-electron chi connectivity index (χ0n) is 18.7. The lowest BCUT2D eigenvalue weighted by Crippen LogP contribution is -2.65. The molecular weight excluding hydrogens is 438 g/mol. The molecule has 2 unspecified atom stereocenters. The van der Waals surface area contributed by atoms with Crippen LogP contribution in [0.3, 0.4) is 0 Å². The number of nitrogens with two attached hydrogens (primary N) is 1. The van der Waals surface area contributed by atoms with Gasteiger partial charge in [-0.05, 0) is 12.3 Å². The highest BCUT2D eigenvalue weighted by atomic mass is 32.2. The van der Waals surface area contributed by atoms with Crippen LogP contribution in [0.1, 0.15) is 38.5 Å². The van der Waals surface area contributed by atoms with Crippen molar-refractivity contribution in [2.45, 2.75) is 50.6 Å². The van der Waals surface area contributed by atoms with Gasteiger partial charge in [0.2, 0.25) is 21.8 Å². The zero-order valence-corrected chi connectivity index (χ0v) is 19.5. The number of nitrogens with zero attached hydrogens (tertiary/aromatic N) is 3. The fraction of sp³-hybridized carbons (Fsp3) is 0.850. The van der Waals surface area contributed by atoms with Crippen molar-refractivity contribution in [3.05, 3.63) is 0 Å². The number of urea groups is 1. The predicted octanol–water partition coefficient (Wildman–Crippen LogP) is -0.675. The highest BCUT2D eigenvalue weighted by Gasteiger charge is 2.41. The Morgan fingerprint density at radius 2 is 1.72 bits per heavy atom. The van der Waals surface area contributed by atoms with Gasteiger partial charge >= 0.3 is 6.03 Å². The fourth-order valence-electron chi connectivity index (χ4n) is 4.72. The largest absolute Gasteiger partial charge is 0.378 e. The van der Waals surface area contributed by atoms with Crippen molar-refractivity contribution in [3.8, 4) is 0 Å². The second-order valence-corrected chi connectivity index (χ2v) is 10.9. The van der Waals surface area contributed by atoms with Gasteiger partial charge in [-0.3, -0.25) is 9.59 Å². The van der Waals surface area contributed by atoms with Gasteiger partial charge < -0.3 is 25.6 Å². The lowest BCUT2D eigenvalue weighted by Gasteiger charge is -2.42. The van der Waals surface area contributed by atoms with Crippen molar-refractivity contribution < 1.29 is 27.5 Å². The number of hydrogen-bond acceptors (Lipinski definition) is 6. The number of carbonyl (C=O) groups excluding carboxylic acids is 3. The smallest absolute Gasteiger partial charge is 0.320 e. The number of ether oxygens (including phenoxy) is 1. The summed E-state index contributed by atoms with van der Waals surface area (Å²) in [5.41, 5.74) is 5.58. The molecule has 0 spiro atoms. The molecule has 0 aromatic carbocycles. The van der Waals surface area contributed by atoms with E-state index < -0.39 is 33.9 Å². The minimum atomic E-state index is -3.54. The van der Waals surface area contributed by atoms with Gasteiger partial charge in [0.25, 0.3) is 0 Å². The molecule has 3 aliphatic rings. The number of carbonyl (C=O) groups is 3. The van der Waals surface area contributed by atoms with Gasteiger partial charge in [0.15, 0.2) is 0 Å². The van der Waals surface area contributed by atoms with Crippen LogP contribution in [0.15, 0.2) is 0 Å². The summed E-state index contributed by atoms with van der Waals surface area (Å²) < 4.78 is 30.7. The third kappa shape index (κ3) is 6.32. The van der Waals surface area contributed by atoms with Gasteiger partial charge in [-0.15, -0.1) is 0 Å². The van der Waals surface area contributed by atoms with E-state index in [1.807, 2.05) is 0 Å². The van der Waals surface area contributed by atoms with Gasteiger partial charge in [0.1, 0.15) is 12.1 Å². The lowest BCUT2D eigenvalue weighted by atomic mass is 9.84. The quantitative estimate of drug-likeness (QED) is 0.524. The normalized spacial score (nSPS) is 24.7. The number of nitrogens with one attached hydrogen (secondary N) is 1. The van der Waals surface area contributed by atoms with Crippen LogP contribution in [0.5, 0.6) is 0 Å². The molecule has 3 fully saturated rings. The molecule has 4 amide bonds. The van der Waals surface area contributed by atoms with E-state index in [4.69, 9.17) is 10.5 Å². The third-order valence-corrected chi connectivity index (χ3v) is 7.87. The van der Waals surface area contributed by atoms with Crippen LogP contribution in [-0.2, 0) is 24.3 Å². The first-order valence-electron chi connectivity index (χ1n) is 11.3. The maximum Gasteiger partial charge on any atom is 0.320 e. The summed E-state index contributed by atoms with van der Waals surface area (Å²) in [5.74, 6) is -0.864. The Labute approximate surface area is 189 Å². The Balaban J connectivity index is 1.74. The monoisotopic (exact) mass is 473 g/mol. The minimum Gasteiger partial charge on any atom is -0.378 e. The average molecular weight is 474 g/mol. The van der Waals surface area contributed by atoms with Crippen molar-refractivity contribution in [2.24, 2.45) is 11.7 Å². The van der Waals surface area contributed by atoms with Crippen molar-refractivity contribution in [1.82, 2.24) is 19.4 Å². The molecule has 32 heavy (non-hydrogen) atoms. The molecule has 2 aliphatic heterocycles. The number of sulfonamides is 1. The summed E-state index contributed by atoms with van der Waals surface area (Å²) in [7, 11) is -3.54. The molecule has 3 rings (SSSR count). The summed E-state index contributed by atoms with van der Waals surface area (Å²) >= 11 is 0. The Morgan fingerprint density at radius 1 is 1.06 bits per heavy atom. The molecule has 1 aliphatic carbocycles. The second kappa shape index (κ2) is 10.8. The van der Waals surface area contributed by atoms with Gasteiger partial charge in [-0.25, -0.2) is 13.2 Å². The van der Waals surface area contributed by atoms with E-state index in [0.29, 0.717) is 38.6 Å². The van der Waals surface area contributed by atoms with E-state index in [1.54, 1.807) is 4.90 Å². The zero-order chi connectivity index (χ0) is 23.3. The SMILES string of the molecule is CS(=O)(=O)N1CCN(C(=O)N2CCOCC2)C(C(=O)NC(CC2CCCCC2)C(N)=O)C1. The Hall–Kier alpha value is -1.92. The molecule has 3 N–H and O–H groups in total. The first-order valence-corrected chi connectivity index (χ1v) is 13.2. The van der Waals surface area contributed by atoms with Crippen LogP contribution in [0.4, 0.5) is 4.79 Å². The molecule has 182 valence electrons. The van der Waals surface area contributed by atoms with E-state index in [-0.39, 0.29) is 25.7 Å². The Kier molecular flexibility index (Phi) is 8.34. The molecule has 0 radical (unpaired) electrons. The van der Waals surface area contributed by atoms with Crippen molar-refractivity contribution in [2.75, 3.05) is 52.2 Å². The van der Waals surface area contributed by atoms with Crippen LogP contribution in [0.2, 0.25) is 0 Å². The van der Waals surface area contributed by atoms with Gasteiger partial charge in [-0.1, -0.05) is 32.1 Å². The van der Waals surface area contributed by atoms with E-state index >= 15 is 0 Å². The summed E-state index contributed by atoms with van der Waals surface area (Å²) in [6.45, 7) is 1.69. The van der Waals surface area contributed by atoms with Gasteiger partial charge in [0, 0.05) is 32.7 Å². The van der Waals surface area contributed by atoms with Gasteiger partial charge in [0.05, 0.1) is 19.5 Å². The van der Waals surface area contributed by atoms with Crippen LogP contribution in [-0.4, -0.2) is 105 Å². The van der Waals surface area contributed by atoms with E-state index in [9.17, 15) is 22.8 Å². The predicted molar refractivity (Wildman–Crippen MR) is 117 cm³/mol. The first-order chi connectivity index (χ1) is 15.2. The van der Waals surface area contributed by atoms with Crippen LogP contribution >= 0.6 is 0 Å². The van der Waals surface area contributed by atoms with E-state index in [1.165, 1.54) is 15.6 Å². The summed E-state index contributed by atoms with van der Waals surface area (Å²) in [4.78, 5) is 41.4. The molecule has 0 aromatic rings. The number of hydrogen-bond donors (Lipinski definition) is 2. The first kappa shape index (κ1) is 24.7. The third-order valence-electron chi connectivity index (χ3n) is 6.60. The number of rotatable bonds is 6. The Morgan fingerprint density at radius 3 is 2.31 bits per heavy atom. The molecular formula is C20H35N5O6S. The molecule has 11 nitrogen and oxygen atoms in total. The van der Waals surface area contributed by atoms with Crippen LogP contribution in [0, 0.1) is 5.92 Å². The lowest BCUT2D eigenvalue weighted by molar-refractivity contribution is -0.131. The number of morpholine rings is 1. The number of piperazine rings is 1. The highest BCUT2D eigenvalue weighted by molar-refractivity contribution is 7.88. The molecule has 0 aromatic heterocycles. The summed E-state index contributed by atoms with van der Waals surface area (Å²) in [6.07, 6.45) is 6.89. The van der Waals surface area contributed by atoms with E-state index in [2.05, 4.69) is 5.32 Å². The van der Waals surface area contributed by atoms with Crippen LogP contribution < -0.4 is 11.1 Å². The van der Waals surface area contributed by atoms with Crippen molar-refractivity contribution in [3.63, 3.8) is 0 Å². The molecule has 2 atom stereocenters. The molecule has 0 bridgehead atoms. The standard InChI is InChI=1S/C20H35N5O6S/c1-32(29,30)24-7-8-25(20(28)23-9-11-31-12-10-23)17(14-24)19(27)22-16(18(21)26)13-15-5-3-2-4-6-15/h15-17H,2-14H2,1H3,(H2,21,26)(H,22,27). The van der Waals surface area contributed by atoms with Crippen molar-refractivity contribution >= 4 is 27.9 Å². The molecule has 12 heteroatoms. The second-order valence-electron chi connectivity index (χ2n) is 8.92. The fourth-order valence-corrected chi connectivity index (χ4v) is 5.54. The molecule has 1 saturated carbocycles. The highest BCUT2D eigenvalue weighted by Crippen LogP contribution is 2.27.